The summed E-state index contributed by atoms with van der Waals surface area (Å²) in [5.41, 5.74) is 6.00. The molecule has 0 spiro atoms. The standard InChI is InChI=1S/C37H46N4O4/c1-6-7-17-33-40-34-25(2)22-29(39-35(42)38-28-13-9-8-10-14-28)23-31(34)41(33)24-26-18-20-27(21-19-26)30-15-11-12-16-32(30)44-36(43)45-37(3,4)5/h11-12,15-16,18-23,28H,6-10,13-14,17,24H2,1-5H3,(H2,38,39,42). The molecule has 0 radical (unpaired) electrons. The van der Waals surface area contributed by atoms with Gasteiger partial charge in [0.15, 0.2) is 0 Å². The Morgan fingerprint density at radius 2 is 1.73 bits per heavy atom. The summed E-state index contributed by atoms with van der Waals surface area (Å²) >= 11 is 0. The van der Waals surface area contributed by atoms with Gasteiger partial charge in [-0.15, -0.1) is 0 Å². The lowest BCUT2D eigenvalue weighted by molar-refractivity contribution is 0.0207. The molecule has 1 aliphatic rings. The lowest BCUT2D eigenvalue weighted by atomic mass is 9.96. The number of anilines is 1. The van der Waals surface area contributed by atoms with Gasteiger partial charge in [-0.05, 0) is 81.8 Å². The van der Waals surface area contributed by atoms with E-state index in [2.05, 4.69) is 41.2 Å². The third-order valence-electron chi connectivity index (χ3n) is 8.15. The molecule has 1 fully saturated rings. The van der Waals surface area contributed by atoms with Crippen LogP contribution in [0.5, 0.6) is 5.75 Å². The number of urea groups is 1. The molecule has 0 aliphatic heterocycles. The van der Waals surface area contributed by atoms with Crippen LogP contribution in [0.25, 0.3) is 22.2 Å². The van der Waals surface area contributed by atoms with Crippen molar-refractivity contribution in [2.75, 3.05) is 5.32 Å². The highest BCUT2D eigenvalue weighted by Crippen LogP contribution is 2.32. The highest BCUT2D eigenvalue weighted by atomic mass is 16.7. The van der Waals surface area contributed by atoms with Gasteiger partial charge >= 0.3 is 12.2 Å². The van der Waals surface area contributed by atoms with Crippen LogP contribution in [0.4, 0.5) is 15.3 Å². The van der Waals surface area contributed by atoms with Crippen LogP contribution in [-0.2, 0) is 17.7 Å². The van der Waals surface area contributed by atoms with Crippen LogP contribution >= 0.6 is 0 Å². The fourth-order valence-corrected chi connectivity index (χ4v) is 5.94. The quantitative estimate of drug-likeness (QED) is 0.146. The lowest BCUT2D eigenvalue weighted by Crippen LogP contribution is -2.39. The van der Waals surface area contributed by atoms with Gasteiger partial charge in [0, 0.05) is 30.3 Å². The number of fused-ring (bicyclic) bond motifs is 1. The predicted octanol–water partition coefficient (Wildman–Crippen LogP) is 9.17. The van der Waals surface area contributed by atoms with Gasteiger partial charge in [0.05, 0.1) is 11.0 Å². The first kappa shape index (κ1) is 32.1. The van der Waals surface area contributed by atoms with Crippen molar-refractivity contribution in [1.82, 2.24) is 14.9 Å². The van der Waals surface area contributed by atoms with Crippen molar-refractivity contribution in [1.29, 1.82) is 0 Å². The molecule has 45 heavy (non-hydrogen) atoms. The highest BCUT2D eigenvalue weighted by molar-refractivity contribution is 5.93. The molecule has 1 heterocycles. The molecule has 8 heteroatoms. The molecule has 1 aliphatic carbocycles. The second-order valence-corrected chi connectivity index (χ2v) is 13.1. The third kappa shape index (κ3) is 8.44. The molecular formula is C37H46N4O4. The van der Waals surface area contributed by atoms with E-state index in [1.807, 2.05) is 63.2 Å². The van der Waals surface area contributed by atoms with Crippen molar-refractivity contribution in [2.24, 2.45) is 0 Å². The van der Waals surface area contributed by atoms with E-state index >= 15 is 0 Å². The van der Waals surface area contributed by atoms with E-state index in [1.54, 1.807) is 6.07 Å². The molecule has 4 aromatic rings. The summed E-state index contributed by atoms with van der Waals surface area (Å²) in [5, 5.41) is 6.24. The number of carbonyl (C=O) groups excluding carboxylic acids is 2. The zero-order valence-corrected chi connectivity index (χ0v) is 27.2. The third-order valence-corrected chi connectivity index (χ3v) is 8.15. The van der Waals surface area contributed by atoms with Gasteiger partial charge in [-0.25, -0.2) is 14.6 Å². The van der Waals surface area contributed by atoms with E-state index in [1.165, 1.54) is 19.3 Å². The van der Waals surface area contributed by atoms with Crippen molar-refractivity contribution in [3.63, 3.8) is 0 Å². The Kier molecular flexibility index (Phi) is 10.1. The lowest BCUT2D eigenvalue weighted by Gasteiger charge is -2.23. The molecule has 0 bridgehead atoms. The van der Waals surface area contributed by atoms with Gasteiger partial charge in [0.2, 0.25) is 0 Å². The molecule has 5 rings (SSSR count). The minimum absolute atomic E-state index is 0.149. The van der Waals surface area contributed by atoms with E-state index in [9.17, 15) is 9.59 Å². The Balaban J connectivity index is 1.38. The van der Waals surface area contributed by atoms with Gasteiger partial charge < -0.3 is 24.7 Å². The Labute approximate surface area is 266 Å². The number of para-hydroxylation sites is 1. The average molecular weight is 611 g/mol. The summed E-state index contributed by atoms with van der Waals surface area (Å²) in [6.45, 7) is 10.3. The monoisotopic (exact) mass is 610 g/mol. The van der Waals surface area contributed by atoms with Crippen molar-refractivity contribution >= 4 is 28.9 Å². The number of carbonyl (C=O) groups is 2. The molecule has 0 unspecified atom stereocenters. The van der Waals surface area contributed by atoms with Crippen molar-refractivity contribution in [2.45, 2.75) is 104 Å². The van der Waals surface area contributed by atoms with Crippen LogP contribution in [0.1, 0.15) is 89.6 Å². The second kappa shape index (κ2) is 14.2. The van der Waals surface area contributed by atoms with Crippen LogP contribution in [-0.4, -0.2) is 33.4 Å². The number of hydrogen-bond donors (Lipinski definition) is 2. The topological polar surface area (TPSA) is 94.5 Å². The highest BCUT2D eigenvalue weighted by Gasteiger charge is 2.20. The molecule has 0 saturated heterocycles. The first-order chi connectivity index (χ1) is 21.6. The smallest absolute Gasteiger partial charge is 0.428 e. The minimum atomic E-state index is -0.728. The average Bonchev–Trinajstić information content (AvgIpc) is 3.33. The molecule has 3 aromatic carbocycles. The maximum atomic E-state index is 12.9. The van der Waals surface area contributed by atoms with Gasteiger partial charge in [0.1, 0.15) is 17.2 Å². The zero-order chi connectivity index (χ0) is 32.0. The largest absolute Gasteiger partial charge is 0.514 e. The number of aromatic nitrogens is 2. The number of nitrogens with one attached hydrogen (secondary N) is 2. The molecule has 8 nitrogen and oxygen atoms in total. The molecular weight excluding hydrogens is 564 g/mol. The van der Waals surface area contributed by atoms with Gasteiger partial charge in [-0.3, -0.25) is 0 Å². The molecule has 2 N–H and O–H groups in total. The first-order valence-corrected chi connectivity index (χ1v) is 16.3. The summed E-state index contributed by atoms with van der Waals surface area (Å²) < 4.78 is 13.2. The van der Waals surface area contributed by atoms with Crippen LogP contribution < -0.4 is 15.4 Å². The fraction of sp³-hybridized carbons (Fsp3) is 0.432. The van der Waals surface area contributed by atoms with Gasteiger partial charge in [-0.2, -0.15) is 0 Å². The second-order valence-electron chi connectivity index (χ2n) is 13.1. The minimum Gasteiger partial charge on any atom is -0.428 e. The van der Waals surface area contributed by atoms with Crippen LogP contribution in [0, 0.1) is 6.92 Å². The van der Waals surface area contributed by atoms with Gasteiger partial charge in [0.25, 0.3) is 0 Å². The zero-order valence-electron chi connectivity index (χ0n) is 27.2. The number of nitrogens with zero attached hydrogens (tertiary/aromatic N) is 2. The number of imidazole rings is 1. The molecule has 1 saturated carbocycles. The normalized spacial score (nSPS) is 13.9. The summed E-state index contributed by atoms with van der Waals surface area (Å²) in [4.78, 5) is 30.3. The number of benzene rings is 3. The summed E-state index contributed by atoms with van der Waals surface area (Å²) in [5.74, 6) is 1.49. The number of amides is 2. The Morgan fingerprint density at radius 3 is 2.44 bits per heavy atom. The Hall–Kier alpha value is -4.33. The molecule has 2 amide bonds. The van der Waals surface area contributed by atoms with Crippen LogP contribution in [0.3, 0.4) is 0 Å². The number of rotatable bonds is 9. The maximum Gasteiger partial charge on any atom is 0.514 e. The molecule has 0 atom stereocenters. The van der Waals surface area contributed by atoms with E-state index in [0.717, 1.165) is 76.9 Å². The van der Waals surface area contributed by atoms with Crippen molar-refractivity contribution in [3.05, 3.63) is 77.6 Å². The van der Waals surface area contributed by atoms with Crippen LogP contribution in [0.15, 0.2) is 60.7 Å². The van der Waals surface area contributed by atoms with Crippen molar-refractivity contribution in [3.8, 4) is 16.9 Å². The SMILES string of the molecule is CCCCc1nc2c(C)cc(NC(=O)NC3CCCCC3)cc2n1Cc1ccc(-c2ccccc2OC(=O)OC(C)(C)C)cc1. The predicted molar refractivity (Wildman–Crippen MR) is 180 cm³/mol. The molecule has 238 valence electrons. The first-order valence-electron chi connectivity index (χ1n) is 16.3. The number of aryl methyl sites for hydroxylation is 2. The summed E-state index contributed by atoms with van der Waals surface area (Å²) in [7, 11) is 0. The number of hydrogen-bond acceptors (Lipinski definition) is 5. The van der Waals surface area contributed by atoms with E-state index < -0.39 is 11.8 Å². The van der Waals surface area contributed by atoms with E-state index in [-0.39, 0.29) is 12.1 Å². The number of unbranched alkanes of at least 4 members (excludes halogenated alkanes) is 1. The summed E-state index contributed by atoms with van der Waals surface area (Å²) in [6.07, 6.45) is 7.95. The molecule has 1 aromatic heterocycles. The van der Waals surface area contributed by atoms with E-state index in [0.29, 0.717) is 12.3 Å². The van der Waals surface area contributed by atoms with Gasteiger partial charge in [-0.1, -0.05) is 75.1 Å². The maximum absolute atomic E-state index is 12.9. The number of ether oxygens (including phenoxy) is 2. The van der Waals surface area contributed by atoms with E-state index in [4.69, 9.17) is 14.5 Å². The Morgan fingerprint density at radius 1 is 1.00 bits per heavy atom. The fourth-order valence-electron chi connectivity index (χ4n) is 5.94. The van der Waals surface area contributed by atoms with Crippen molar-refractivity contribution < 1.29 is 19.1 Å². The summed E-state index contributed by atoms with van der Waals surface area (Å²) in [6, 6.07) is 19.9. The van der Waals surface area contributed by atoms with Crippen LogP contribution in [0.2, 0.25) is 0 Å². The Bertz CT molecular complexity index is 1630.